The number of hydrogen-bond donors (Lipinski definition) is 0. The molecule has 1 heterocycles. The van der Waals surface area contributed by atoms with E-state index >= 15 is 0 Å². The minimum atomic E-state index is -0.0169. The molecule has 1 unspecified atom stereocenters. The summed E-state index contributed by atoms with van der Waals surface area (Å²) in [6.07, 6.45) is 0. The lowest BCUT2D eigenvalue weighted by molar-refractivity contribution is 0.274. The van der Waals surface area contributed by atoms with Crippen molar-refractivity contribution in [2.75, 3.05) is 12.5 Å². The monoisotopic (exact) mass is 264 g/mol. The van der Waals surface area contributed by atoms with Crippen molar-refractivity contribution >= 4 is 34.1 Å². The maximum Gasteiger partial charge on any atom is 0.133 e. The van der Waals surface area contributed by atoms with Crippen molar-refractivity contribution in [3.05, 3.63) is 36.4 Å². The first-order valence-corrected chi connectivity index (χ1v) is 6.96. The van der Waals surface area contributed by atoms with Gasteiger partial charge in [-0.15, -0.1) is 23.4 Å². The fourth-order valence-corrected chi connectivity index (χ4v) is 3.33. The molecular formula is C14H13ClOS. The van der Waals surface area contributed by atoms with Gasteiger partial charge in [0.1, 0.15) is 12.4 Å². The third-order valence-electron chi connectivity index (χ3n) is 2.98. The van der Waals surface area contributed by atoms with E-state index < -0.39 is 0 Å². The molecule has 3 rings (SSSR count). The Kier molecular flexibility index (Phi) is 2.72. The van der Waals surface area contributed by atoms with Crippen molar-refractivity contribution in [3.63, 3.8) is 0 Å². The number of benzene rings is 2. The molecule has 0 aliphatic carbocycles. The lowest BCUT2D eigenvalue weighted by Crippen LogP contribution is -2.33. The molecule has 0 saturated carbocycles. The van der Waals surface area contributed by atoms with Gasteiger partial charge in [-0.3, -0.25) is 0 Å². The Bertz CT molecular complexity index is 569. The topological polar surface area (TPSA) is 9.23 Å². The lowest BCUT2D eigenvalue weighted by Gasteiger charge is -2.32. The van der Waals surface area contributed by atoms with E-state index in [9.17, 15) is 0 Å². The Morgan fingerprint density at radius 1 is 1.29 bits per heavy atom. The first-order chi connectivity index (χ1) is 8.20. The molecule has 1 aliphatic rings. The molecule has 17 heavy (non-hydrogen) atoms. The molecule has 0 amide bonds. The molecule has 0 fully saturated rings. The molecule has 1 atom stereocenters. The molecule has 2 aromatic carbocycles. The summed E-state index contributed by atoms with van der Waals surface area (Å²) in [4.78, 5) is 1.19. The first kappa shape index (κ1) is 11.2. The summed E-state index contributed by atoms with van der Waals surface area (Å²) in [6, 6.07) is 12.7. The Morgan fingerprint density at radius 2 is 2.00 bits per heavy atom. The summed E-state index contributed by atoms with van der Waals surface area (Å²) in [5.41, 5.74) is 0. The molecule has 2 aromatic rings. The summed E-state index contributed by atoms with van der Waals surface area (Å²) in [5.74, 6) is 1.58. The average Bonchev–Trinajstić information content (AvgIpc) is 2.36. The minimum absolute atomic E-state index is 0.0169. The highest BCUT2D eigenvalue weighted by Crippen LogP contribution is 2.45. The van der Waals surface area contributed by atoms with Crippen LogP contribution in [-0.4, -0.2) is 17.2 Å². The summed E-state index contributed by atoms with van der Waals surface area (Å²) in [6.45, 7) is 2.81. The van der Waals surface area contributed by atoms with Crippen LogP contribution in [0.2, 0.25) is 0 Å². The van der Waals surface area contributed by atoms with Gasteiger partial charge in [0.2, 0.25) is 0 Å². The van der Waals surface area contributed by atoms with Gasteiger partial charge < -0.3 is 4.74 Å². The zero-order valence-corrected chi connectivity index (χ0v) is 11.1. The van der Waals surface area contributed by atoms with E-state index in [1.54, 1.807) is 0 Å². The maximum absolute atomic E-state index is 6.01. The van der Waals surface area contributed by atoms with Gasteiger partial charge in [-0.25, -0.2) is 0 Å². The quantitative estimate of drug-likeness (QED) is 0.710. The zero-order valence-electron chi connectivity index (χ0n) is 9.57. The second kappa shape index (κ2) is 4.11. The van der Waals surface area contributed by atoms with Crippen LogP contribution in [-0.2, 0) is 0 Å². The second-order valence-corrected chi connectivity index (χ2v) is 6.52. The molecule has 0 spiro atoms. The third-order valence-corrected chi connectivity index (χ3v) is 5.03. The Hall–Kier alpha value is -0.860. The van der Waals surface area contributed by atoms with E-state index in [0.29, 0.717) is 12.5 Å². The number of halogens is 1. The van der Waals surface area contributed by atoms with E-state index in [4.69, 9.17) is 16.3 Å². The highest BCUT2D eigenvalue weighted by Gasteiger charge is 2.31. The molecule has 3 heteroatoms. The normalized spacial score (nSPS) is 23.2. The molecule has 1 aliphatic heterocycles. The Labute approximate surface area is 110 Å². The molecule has 0 bridgehead atoms. The second-order valence-electron chi connectivity index (χ2n) is 4.62. The van der Waals surface area contributed by atoms with E-state index in [1.165, 1.54) is 15.7 Å². The molecule has 0 aromatic heterocycles. The standard InChI is InChI=1S/C14H13ClOS/c1-14(8-15)9-16-12-6-10-4-2-3-5-11(10)7-13(12)17-14/h2-7H,8-9H2,1H3. The summed E-state index contributed by atoms with van der Waals surface area (Å²) < 4.78 is 5.82. The number of ether oxygens (including phenoxy) is 1. The summed E-state index contributed by atoms with van der Waals surface area (Å²) in [5, 5.41) is 2.47. The van der Waals surface area contributed by atoms with Crippen LogP contribution in [0.25, 0.3) is 10.8 Å². The van der Waals surface area contributed by atoms with Crippen LogP contribution < -0.4 is 4.74 Å². The van der Waals surface area contributed by atoms with Gasteiger partial charge in [-0.05, 0) is 29.8 Å². The molecule has 1 nitrogen and oxygen atoms in total. The average molecular weight is 265 g/mol. The van der Waals surface area contributed by atoms with Crippen LogP contribution in [0.15, 0.2) is 41.3 Å². The van der Waals surface area contributed by atoms with E-state index in [1.807, 2.05) is 17.8 Å². The van der Waals surface area contributed by atoms with Gasteiger partial charge in [0.05, 0.1) is 9.64 Å². The van der Waals surface area contributed by atoms with Crippen molar-refractivity contribution < 1.29 is 4.74 Å². The van der Waals surface area contributed by atoms with Crippen LogP contribution in [0.3, 0.4) is 0 Å². The minimum Gasteiger partial charge on any atom is -0.491 e. The van der Waals surface area contributed by atoms with Crippen molar-refractivity contribution in [3.8, 4) is 5.75 Å². The van der Waals surface area contributed by atoms with Gasteiger partial charge in [0.15, 0.2) is 0 Å². The highest BCUT2D eigenvalue weighted by atomic mass is 35.5. The van der Waals surface area contributed by atoms with Crippen molar-refractivity contribution in [1.82, 2.24) is 0 Å². The van der Waals surface area contributed by atoms with E-state index in [-0.39, 0.29) is 4.75 Å². The van der Waals surface area contributed by atoms with Gasteiger partial charge in [0.25, 0.3) is 0 Å². The fourth-order valence-electron chi connectivity index (χ4n) is 1.98. The predicted molar refractivity (Wildman–Crippen MR) is 74.4 cm³/mol. The van der Waals surface area contributed by atoms with Crippen molar-refractivity contribution in [1.29, 1.82) is 0 Å². The summed E-state index contributed by atoms with van der Waals surface area (Å²) >= 11 is 7.82. The smallest absolute Gasteiger partial charge is 0.133 e. The number of thioether (sulfide) groups is 1. The van der Waals surface area contributed by atoms with Crippen LogP contribution in [0.5, 0.6) is 5.75 Å². The molecule has 0 radical (unpaired) electrons. The number of rotatable bonds is 1. The van der Waals surface area contributed by atoms with Gasteiger partial charge >= 0.3 is 0 Å². The van der Waals surface area contributed by atoms with Crippen LogP contribution in [0.4, 0.5) is 0 Å². The molecule has 0 N–H and O–H groups in total. The van der Waals surface area contributed by atoms with Crippen molar-refractivity contribution in [2.24, 2.45) is 0 Å². The first-order valence-electron chi connectivity index (χ1n) is 5.61. The largest absolute Gasteiger partial charge is 0.491 e. The van der Waals surface area contributed by atoms with Gasteiger partial charge in [-0.2, -0.15) is 0 Å². The number of fused-ring (bicyclic) bond motifs is 2. The third kappa shape index (κ3) is 2.00. The Morgan fingerprint density at radius 3 is 2.71 bits per heavy atom. The maximum atomic E-state index is 6.01. The number of alkyl halides is 1. The SMILES string of the molecule is CC1(CCl)COc2cc3ccccc3cc2S1. The van der Waals surface area contributed by atoms with Gasteiger partial charge in [0, 0.05) is 5.88 Å². The van der Waals surface area contributed by atoms with Crippen molar-refractivity contribution in [2.45, 2.75) is 16.6 Å². The predicted octanol–water partition coefficient (Wildman–Crippen LogP) is 4.32. The molecular weight excluding hydrogens is 252 g/mol. The fraction of sp³-hybridized carbons (Fsp3) is 0.286. The molecule has 0 saturated heterocycles. The molecule has 88 valence electrons. The van der Waals surface area contributed by atoms with Crippen LogP contribution in [0, 0.1) is 0 Å². The zero-order chi connectivity index (χ0) is 11.9. The van der Waals surface area contributed by atoms with E-state index in [0.717, 1.165) is 5.75 Å². The van der Waals surface area contributed by atoms with E-state index in [2.05, 4.69) is 37.3 Å². The Balaban J connectivity index is 2.11. The number of hydrogen-bond acceptors (Lipinski definition) is 2. The van der Waals surface area contributed by atoms with Crippen LogP contribution in [0.1, 0.15) is 6.92 Å². The van der Waals surface area contributed by atoms with Gasteiger partial charge in [-0.1, -0.05) is 24.3 Å². The summed E-state index contributed by atoms with van der Waals surface area (Å²) in [7, 11) is 0. The lowest BCUT2D eigenvalue weighted by atomic mass is 10.1. The van der Waals surface area contributed by atoms with Crippen LogP contribution >= 0.6 is 23.4 Å². The highest BCUT2D eigenvalue weighted by molar-refractivity contribution is 8.01.